The van der Waals surface area contributed by atoms with Crippen molar-refractivity contribution < 1.29 is 9.59 Å². The molecule has 4 aliphatic rings. The molecule has 4 fully saturated rings. The summed E-state index contributed by atoms with van der Waals surface area (Å²) in [5, 5.41) is 3.53. The van der Waals surface area contributed by atoms with Gasteiger partial charge in [-0.1, -0.05) is 74.5 Å². The van der Waals surface area contributed by atoms with Gasteiger partial charge < -0.3 is 10.2 Å². The van der Waals surface area contributed by atoms with Gasteiger partial charge in [0.25, 0.3) is 0 Å². The SMILES string of the molecule is CN1C(=O)CC[C@]2(C)[C@H]3CC[C@]4(C)[C@@H](C(=O)N[C@@H](Cc5ccccc5)c5ccccc5)CC[C@H]4[C@@H]3CC[C@@H]12. The van der Waals surface area contributed by atoms with Crippen LogP contribution in [-0.4, -0.2) is 29.8 Å². The Labute approximate surface area is 228 Å². The first-order chi connectivity index (χ1) is 18.3. The third-order valence-electron chi connectivity index (χ3n) is 11.7. The van der Waals surface area contributed by atoms with Crippen LogP contribution in [0.25, 0.3) is 0 Å². The summed E-state index contributed by atoms with van der Waals surface area (Å²) in [6, 6.07) is 21.4. The highest BCUT2D eigenvalue weighted by Crippen LogP contribution is 2.66. The Morgan fingerprint density at radius 1 is 0.895 bits per heavy atom. The summed E-state index contributed by atoms with van der Waals surface area (Å²) in [5.74, 6) is 2.63. The fourth-order valence-electron chi connectivity index (χ4n) is 9.64. The van der Waals surface area contributed by atoms with Crippen LogP contribution in [0.4, 0.5) is 0 Å². The van der Waals surface area contributed by atoms with Gasteiger partial charge in [-0.25, -0.2) is 0 Å². The lowest BCUT2D eigenvalue weighted by Gasteiger charge is -2.61. The number of amides is 2. The van der Waals surface area contributed by atoms with Crippen LogP contribution in [0.3, 0.4) is 0 Å². The minimum absolute atomic E-state index is 0.0187. The lowest BCUT2D eigenvalue weighted by atomic mass is 9.47. The van der Waals surface area contributed by atoms with Crippen LogP contribution < -0.4 is 5.32 Å². The number of rotatable bonds is 5. The molecular formula is C34H44N2O2. The molecule has 0 unspecified atom stereocenters. The van der Waals surface area contributed by atoms with Crippen molar-refractivity contribution in [2.24, 2.45) is 34.5 Å². The van der Waals surface area contributed by atoms with Gasteiger partial charge in [0, 0.05) is 25.4 Å². The Bertz CT molecular complexity index is 1170. The fraction of sp³-hybridized carbons (Fsp3) is 0.588. The van der Waals surface area contributed by atoms with E-state index in [1.807, 2.05) is 19.2 Å². The first-order valence-electron chi connectivity index (χ1n) is 15.0. The Morgan fingerprint density at radius 3 is 2.32 bits per heavy atom. The van der Waals surface area contributed by atoms with E-state index in [4.69, 9.17) is 0 Å². The van der Waals surface area contributed by atoms with E-state index in [0.29, 0.717) is 36.1 Å². The van der Waals surface area contributed by atoms with Gasteiger partial charge in [0.05, 0.1) is 6.04 Å². The van der Waals surface area contributed by atoms with E-state index in [1.54, 1.807) is 0 Å². The first-order valence-corrected chi connectivity index (χ1v) is 15.0. The maximum Gasteiger partial charge on any atom is 0.224 e. The molecule has 4 heteroatoms. The molecule has 6 rings (SSSR count). The van der Waals surface area contributed by atoms with Crippen molar-refractivity contribution in [3.63, 3.8) is 0 Å². The maximum atomic E-state index is 14.1. The molecule has 1 heterocycles. The van der Waals surface area contributed by atoms with Crippen LogP contribution in [0.5, 0.6) is 0 Å². The van der Waals surface area contributed by atoms with Crippen LogP contribution >= 0.6 is 0 Å². The molecule has 1 saturated heterocycles. The average molecular weight is 513 g/mol. The van der Waals surface area contributed by atoms with Gasteiger partial charge in [-0.15, -0.1) is 0 Å². The zero-order chi connectivity index (χ0) is 26.5. The van der Waals surface area contributed by atoms with Crippen molar-refractivity contribution in [1.29, 1.82) is 0 Å². The number of likely N-dealkylation sites (tertiary alicyclic amines) is 1. The first kappa shape index (κ1) is 25.6. The Kier molecular flexibility index (Phi) is 6.64. The summed E-state index contributed by atoms with van der Waals surface area (Å²) in [6.45, 7) is 4.91. The summed E-state index contributed by atoms with van der Waals surface area (Å²) in [7, 11) is 2.03. The molecule has 1 N–H and O–H groups in total. The predicted octanol–water partition coefficient (Wildman–Crippen LogP) is 6.57. The summed E-state index contributed by atoms with van der Waals surface area (Å²) in [4.78, 5) is 28.6. The summed E-state index contributed by atoms with van der Waals surface area (Å²) in [5.41, 5.74) is 2.72. The predicted molar refractivity (Wildman–Crippen MR) is 151 cm³/mol. The second-order valence-electron chi connectivity index (χ2n) is 13.3. The number of benzene rings is 2. The minimum Gasteiger partial charge on any atom is -0.349 e. The van der Waals surface area contributed by atoms with Gasteiger partial charge in [-0.05, 0) is 91.1 Å². The molecular weight excluding hydrogens is 468 g/mol. The van der Waals surface area contributed by atoms with Gasteiger partial charge in [0.1, 0.15) is 0 Å². The van der Waals surface area contributed by atoms with Gasteiger partial charge >= 0.3 is 0 Å². The standard InChI is InChI=1S/C34H44N2O2/c1-33-20-18-27-25(14-17-30-34(27,2)21-19-31(37)36(30)3)26(33)15-16-28(33)32(38)35-29(24-12-8-5-9-13-24)22-23-10-6-4-7-11-23/h4-13,25-30H,14-22H2,1-3H3,(H,35,38)/t25-,26-,27-,28+,29-,30+,33-,34+/m0/s1. The number of fused-ring (bicyclic) bond motifs is 5. The van der Waals surface area contributed by atoms with Crippen molar-refractivity contribution >= 4 is 11.8 Å². The molecule has 1 aliphatic heterocycles. The molecule has 3 aliphatic carbocycles. The van der Waals surface area contributed by atoms with E-state index in [-0.39, 0.29) is 28.7 Å². The van der Waals surface area contributed by atoms with Gasteiger partial charge in [0.15, 0.2) is 0 Å². The minimum atomic E-state index is -0.0187. The van der Waals surface area contributed by atoms with Crippen LogP contribution in [0.2, 0.25) is 0 Å². The van der Waals surface area contributed by atoms with E-state index in [2.05, 4.69) is 72.6 Å². The van der Waals surface area contributed by atoms with Crippen LogP contribution in [0, 0.1) is 34.5 Å². The molecule has 0 bridgehead atoms. The summed E-state index contributed by atoms with van der Waals surface area (Å²) >= 11 is 0. The zero-order valence-corrected chi connectivity index (χ0v) is 23.4. The number of hydrogen-bond acceptors (Lipinski definition) is 2. The average Bonchev–Trinajstić information content (AvgIpc) is 3.29. The van der Waals surface area contributed by atoms with Crippen molar-refractivity contribution in [1.82, 2.24) is 10.2 Å². The third kappa shape index (κ3) is 4.19. The number of nitrogens with zero attached hydrogens (tertiary/aromatic N) is 1. The van der Waals surface area contributed by atoms with E-state index >= 15 is 0 Å². The van der Waals surface area contributed by atoms with E-state index in [9.17, 15) is 9.59 Å². The molecule has 202 valence electrons. The zero-order valence-electron chi connectivity index (χ0n) is 23.4. The molecule has 2 amide bonds. The highest BCUT2D eigenvalue weighted by molar-refractivity contribution is 5.80. The maximum absolute atomic E-state index is 14.1. The van der Waals surface area contributed by atoms with Crippen molar-refractivity contribution in [3.8, 4) is 0 Å². The summed E-state index contributed by atoms with van der Waals surface area (Å²) < 4.78 is 0. The molecule has 38 heavy (non-hydrogen) atoms. The van der Waals surface area contributed by atoms with E-state index in [1.165, 1.54) is 30.4 Å². The molecule has 2 aromatic carbocycles. The summed E-state index contributed by atoms with van der Waals surface area (Å²) in [6.07, 6.45) is 9.36. The normalized spacial score (nSPS) is 37.1. The fourth-order valence-corrected chi connectivity index (χ4v) is 9.64. The Balaban J connectivity index is 1.21. The quantitative estimate of drug-likeness (QED) is 0.493. The van der Waals surface area contributed by atoms with E-state index in [0.717, 1.165) is 32.1 Å². The number of hydrogen-bond donors (Lipinski definition) is 1. The largest absolute Gasteiger partial charge is 0.349 e. The van der Waals surface area contributed by atoms with E-state index < -0.39 is 0 Å². The van der Waals surface area contributed by atoms with Gasteiger partial charge in [-0.2, -0.15) is 0 Å². The lowest BCUT2D eigenvalue weighted by molar-refractivity contribution is -0.159. The Hall–Kier alpha value is -2.62. The second kappa shape index (κ2) is 9.84. The van der Waals surface area contributed by atoms with Crippen molar-refractivity contribution in [2.45, 2.75) is 83.7 Å². The van der Waals surface area contributed by atoms with Gasteiger partial charge in [0.2, 0.25) is 11.8 Å². The van der Waals surface area contributed by atoms with Gasteiger partial charge in [-0.3, -0.25) is 9.59 Å². The number of nitrogens with one attached hydrogen (secondary N) is 1. The smallest absolute Gasteiger partial charge is 0.224 e. The monoisotopic (exact) mass is 512 g/mol. The second-order valence-corrected chi connectivity index (χ2v) is 13.3. The molecule has 0 spiro atoms. The molecule has 2 aromatic rings. The molecule has 0 aromatic heterocycles. The van der Waals surface area contributed by atoms with Crippen molar-refractivity contribution in [3.05, 3.63) is 71.8 Å². The molecule has 0 radical (unpaired) electrons. The molecule has 8 atom stereocenters. The third-order valence-corrected chi connectivity index (χ3v) is 11.7. The lowest BCUT2D eigenvalue weighted by Crippen LogP contribution is -2.61. The van der Waals surface area contributed by atoms with Crippen LogP contribution in [0.15, 0.2) is 60.7 Å². The highest BCUT2D eigenvalue weighted by atomic mass is 16.2. The number of piperidine rings is 1. The van der Waals surface area contributed by atoms with Crippen molar-refractivity contribution in [2.75, 3.05) is 7.05 Å². The van der Waals surface area contributed by atoms with Crippen LogP contribution in [-0.2, 0) is 16.0 Å². The Morgan fingerprint density at radius 2 is 1.58 bits per heavy atom. The van der Waals surface area contributed by atoms with Crippen LogP contribution in [0.1, 0.15) is 82.4 Å². The molecule has 4 nitrogen and oxygen atoms in total. The number of carbonyl (C=O) groups is 2. The topological polar surface area (TPSA) is 49.4 Å². The number of carbonyl (C=O) groups excluding carboxylic acids is 2. The highest BCUT2D eigenvalue weighted by Gasteiger charge is 2.62. The molecule has 3 saturated carbocycles.